The van der Waals surface area contributed by atoms with Gasteiger partial charge in [-0.2, -0.15) is 18.3 Å². The van der Waals surface area contributed by atoms with Gasteiger partial charge in [0.25, 0.3) is 0 Å². The summed E-state index contributed by atoms with van der Waals surface area (Å²) in [6.07, 6.45) is -3.12. The van der Waals surface area contributed by atoms with Crippen LogP contribution in [-0.4, -0.2) is 27.5 Å². The van der Waals surface area contributed by atoms with E-state index < -0.39 is 11.7 Å². The summed E-state index contributed by atoms with van der Waals surface area (Å²) in [5, 5.41) is 4.04. The first kappa shape index (κ1) is 19.7. The van der Waals surface area contributed by atoms with E-state index in [1.54, 1.807) is 12.1 Å². The zero-order chi connectivity index (χ0) is 19.3. The fourth-order valence-electron chi connectivity index (χ4n) is 2.11. The third kappa shape index (κ3) is 4.51. The Hall–Kier alpha value is -2.61. The number of nitrogens with zero attached hydrogens (tertiary/aromatic N) is 1. The number of ether oxygens (including phenoxy) is 3. The van der Waals surface area contributed by atoms with Crippen LogP contribution in [0.2, 0.25) is 5.02 Å². The van der Waals surface area contributed by atoms with Crippen molar-refractivity contribution in [1.82, 2.24) is 0 Å². The van der Waals surface area contributed by atoms with Gasteiger partial charge in [-0.25, -0.2) is 0 Å². The Kier molecular flexibility index (Phi) is 6.20. The Balaban J connectivity index is 2.32. The van der Waals surface area contributed by atoms with Crippen LogP contribution in [0.3, 0.4) is 0 Å². The lowest BCUT2D eigenvalue weighted by Crippen LogP contribution is -2.05. The van der Waals surface area contributed by atoms with E-state index in [0.29, 0.717) is 22.8 Å². The van der Waals surface area contributed by atoms with Gasteiger partial charge in [-0.15, -0.1) is 0 Å². The fourth-order valence-corrected chi connectivity index (χ4v) is 2.27. The number of rotatable bonds is 6. The number of nitrogens with one attached hydrogen (secondary N) is 1. The number of hydrazone groups is 1. The van der Waals surface area contributed by atoms with Crippen molar-refractivity contribution in [2.75, 3.05) is 26.8 Å². The lowest BCUT2D eigenvalue weighted by Gasteiger charge is -2.12. The molecule has 0 aliphatic carbocycles. The molecule has 0 radical (unpaired) electrons. The summed E-state index contributed by atoms with van der Waals surface area (Å²) in [5.74, 6) is 1.36. The molecule has 0 saturated carbocycles. The summed E-state index contributed by atoms with van der Waals surface area (Å²) in [4.78, 5) is 0. The van der Waals surface area contributed by atoms with Crippen molar-refractivity contribution in [1.29, 1.82) is 0 Å². The molecule has 26 heavy (non-hydrogen) atoms. The van der Waals surface area contributed by atoms with Gasteiger partial charge in [0.05, 0.1) is 49.4 Å². The van der Waals surface area contributed by atoms with E-state index in [2.05, 4.69) is 10.5 Å². The molecule has 2 aromatic carbocycles. The van der Waals surface area contributed by atoms with Crippen molar-refractivity contribution in [3.05, 3.63) is 46.5 Å². The first-order valence-electron chi connectivity index (χ1n) is 7.26. The van der Waals surface area contributed by atoms with Gasteiger partial charge in [-0.05, 0) is 18.2 Å². The highest BCUT2D eigenvalue weighted by Gasteiger charge is 2.30. The molecular weight excluding hydrogens is 373 g/mol. The van der Waals surface area contributed by atoms with E-state index in [0.717, 1.165) is 18.2 Å². The van der Waals surface area contributed by atoms with Crippen molar-refractivity contribution in [2.24, 2.45) is 5.10 Å². The summed E-state index contributed by atoms with van der Waals surface area (Å²) in [6, 6.07) is 6.17. The van der Waals surface area contributed by atoms with Crippen LogP contribution in [0.5, 0.6) is 17.2 Å². The summed E-state index contributed by atoms with van der Waals surface area (Å²) >= 11 is 5.92. The highest BCUT2D eigenvalue weighted by atomic mass is 35.5. The fraction of sp³-hybridized carbons (Fsp3) is 0.235. The Morgan fingerprint density at radius 3 is 2.12 bits per heavy atom. The SMILES string of the molecule is COc1cc(OC)c(/C=N\Nc2cc(C(F)(F)F)ccc2Cl)c(OC)c1. The number of anilines is 1. The summed E-state index contributed by atoms with van der Waals surface area (Å²) in [5.41, 5.74) is 2.16. The van der Waals surface area contributed by atoms with E-state index in [1.807, 2.05) is 0 Å². The molecule has 0 unspecified atom stereocenters. The van der Waals surface area contributed by atoms with Gasteiger partial charge in [0, 0.05) is 12.1 Å². The highest BCUT2D eigenvalue weighted by Crippen LogP contribution is 2.35. The van der Waals surface area contributed by atoms with Gasteiger partial charge in [-0.3, -0.25) is 5.43 Å². The molecule has 0 atom stereocenters. The predicted molar refractivity (Wildman–Crippen MR) is 93.8 cm³/mol. The molecule has 0 aromatic heterocycles. The Bertz CT molecular complexity index is 785. The van der Waals surface area contributed by atoms with Crippen molar-refractivity contribution in [3.8, 4) is 17.2 Å². The lowest BCUT2D eigenvalue weighted by atomic mass is 10.2. The Morgan fingerprint density at radius 2 is 1.62 bits per heavy atom. The molecule has 0 aliphatic rings. The zero-order valence-corrected chi connectivity index (χ0v) is 14.9. The maximum Gasteiger partial charge on any atom is 0.416 e. The van der Waals surface area contributed by atoms with Crippen molar-refractivity contribution in [2.45, 2.75) is 6.18 Å². The average Bonchev–Trinajstić information content (AvgIpc) is 2.61. The molecule has 140 valence electrons. The van der Waals surface area contributed by atoms with E-state index in [9.17, 15) is 13.2 Å². The van der Waals surface area contributed by atoms with Gasteiger partial charge >= 0.3 is 6.18 Å². The van der Waals surface area contributed by atoms with Gasteiger partial charge in [0.1, 0.15) is 17.2 Å². The molecule has 0 bridgehead atoms. The normalized spacial score (nSPS) is 11.5. The van der Waals surface area contributed by atoms with Crippen LogP contribution in [0.25, 0.3) is 0 Å². The van der Waals surface area contributed by atoms with Gasteiger partial charge in [0.15, 0.2) is 0 Å². The number of alkyl halides is 3. The van der Waals surface area contributed by atoms with Crippen LogP contribution in [-0.2, 0) is 6.18 Å². The molecule has 0 amide bonds. The van der Waals surface area contributed by atoms with E-state index in [4.69, 9.17) is 25.8 Å². The van der Waals surface area contributed by atoms with Crippen molar-refractivity contribution < 1.29 is 27.4 Å². The second kappa shape index (κ2) is 8.18. The number of hydrogen-bond donors (Lipinski definition) is 1. The predicted octanol–water partition coefficient (Wildman–Crippen LogP) is 4.83. The van der Waals surface area contributed by atoms with E-state index >= 15 is 0 Å². The minimum absolute atomic E-state index is 0.0178. The Morgan fingerprint density at radius 1 is 1.00 bits per heavy atom. The molecule has 0 heterocycles. The molecule has 9 heteroatoms. The third-order valence-corrected chi connectivity index (χ3v) is 3.76. The molecular formula is C17H16ClF3N2O3. The number of hydrogen-bond acceptors (Lipinski definition) is 5. The molecule has 0 spiro atoms. The molecule has 0 fully saturated rings. The van der Waals surface area contributed by atoms with E-state index in [-0.39, 0.29) is 10.7 Å². The average molecular weight is 389 g/mol. The molecule has 1 N–H and O–H groups in total. The van der Waals surface area contributed by atoms with Crippen LogP contribution in [0, 0.1) is 0 Å². The van der Waals surface area contributed by atoms with Crippen molar-refractivity contribution >= 4 is 23.5 Å². The van der Waals surface area contributed by atoms with Gasteiger partial charge in [-0.1, -0.05) is 11.6 Å². The minimum atomic E-state index is -4.48. The number of halogens is 4. The van der Waals surface area contributed by atoms with Crippen LogP contribution < -0.4 is 19.6 Å². The number of benzene rings is 2. The van der Waals surface area contributed by atoms with Gasteiger partial charge < -0.3 is 14.2 Å². The summed E-state index contributed by atoms with van der Waals surface area (Å²) in [7, 11) is 4.42. The zero-order valence-electron chi connectivity index (χ0n) is 14.1. The molecule has 5 nitrogen and oxygen atoms in total. The van der Waals surface area contributed by atoms with E-state index in [1.165, 1.54) is 27.5 Å². The molecule has 2 aromatic rings. The smallest absolute Gasteiger partial charge is 0.416 e. The summed E-state index contributed by atoms with van der Waals surface area (Å²) < 4.78 is 54.1. The van der Waals surface area contributed by atoms with Crippen LogP contribution in [0.4, 0.5) is 18.9 Å². The van der Waals surface area contributed by atoms with Crippen molar-refractivity contribution in [3.63, 3.8) is 0 Å². The highest BCUT2D eigenvalue weighted by molar-refractivity contribution is 6.33. The van der Waals surface area contributed by atoms with Gasteiger partial charge in [0.2, 0.25) is 0 Å². The topological polar surface area (TPSA) is 52.1 Å². The van der Waals surface area contributed by atoms with Crippen LogP contribution in [0.1, 0.15) is 11.1 Å². The number of methoxy groups -OCH3 is 3. The standard InChI is InChI=1S/C17H16ClF3N2O3/c1-24-11-7-15(25-2)12(16(8-11)26-3)9-22-23-14-6-10(17(19,20)21)4-5-13(14)18/h4-9,23H,1-3H3/b22-9-. The maximum absolute atomic E-state index is 12.8. The third-order valence-electron chi connectivity index (χ3n) is 3.43. The first-order chi connectivity index (χ1) is 12.3. The minimum Gasteiger partial charge on any atom is -0.496 e. The Labute approximate surface area is 153 Å². The second-order valence-electron chi connectivity index (χ2n) is 5.01. The van der Waals surface area contributed by atoms with Crippen LogP contribution in [0.15, 0.2) is 35.4 Å². The molecule has 2 rings (SSSR count). The molecule has 0 aliphatic heterocycles. The quantitative estimate of drug-likeness (QED) is 0.569. The van der Waals surface area contributed by atoms with Crippen LogP contribution >= 0.6 is 11.6 Å². The first-order valence-corrected chi connectivity index (χ1v) is 7.63. The monoisotopic (exact) mass is 388 g/mol. The lowest BCUT2D eigenvalue weighted by molar-refractivity contribution is -0.137. The summed E-state index contributed by atoms with van der Waals surface area (Å²) in [6.45, 7) is 0. The molecule has 0 saturated heterocycles. The second-order valence-corrected chi connectivity index (χ2v) is 5.42. The largest absolute Gasteiger partial charge is 0.496 e. The maximum atomic E-state index is 12.8.